The Hall–Kier alpha value is -4.13. The van der Waals surface area contributed by atoms with Crippen molar-refractivity contribution < 1.29 is 4.74 Å². The summed E-state index contributed by atoms with van der Waals surface area (Å²) < 4.78 is 7.37. The average Bonchev–Trinajstić information content (AvgIpc) is 2.82. The molecule has 3 aromatic heterocycles. The molecular weight excluding hydrogens is 408 g/mol. The van der Waals surface area contributed by atoms with E-state index in [-0.39, 0.29) is 17.4 Å². The van der Waals surface area contributed by atoms with E-state index in [1.54, 1.807) is 19.3 Å². The number of aromatic nitrogens is 5. The summed E-state index contributed by atoms with van der Waals surface area (Å²) in [7, 11) is 1.63. The van der Waals surface area contributed by atoms with Gasteiger partial charge in [-0.15, -0.1) is 0 Å². The maximum absolute atomic E-state index is 12.7. The number of nitrogens with zero attached hydrogens (tertiary/aromatic N) is 8. The zero-order valence-corrected chi connectivity index (χ0v) is 17.8. The van der Waals surface area contributed by atoms with Crippen molar-refractivity contribution in [1.29, 1.82) is 5.26 Å². The Kier molecular flexibility index (Phi) is 6.17. The molecule has 10 nitrogen and oxygen atoms in total. The van der Waals surface area contributed by atoms with E-state index in [1.165, 1.54) is 23.0 Å². The largest absolute Gasteiger partial charge is 0.488 e. The number of rotatable bonds is 5. The van der Waals surface area contributed by atoms with Crippen LogP contribution in [0.1, 0.15) is 29.8 Å². The molecular formula is C22H22N8O2. The highest BCUT2D eigenvalue weighted by Gasteiger charge is 2.23. The highest BCUT2D eigenvalue weighted by atomic mass is 16.5. The van der Waals surface area contributed by atoms with Gasteiger partial charge in [0.05, 0.1) is 18.1 Å². The van der Waals surface area contributed by atoms with E-state index in [9.17, 15) is 4.79 Å². The highest BCUT2D eigenvalue weighted by Crippen LogP contribution is 2.22. The molecule has 1 fully saturated rings. The molecule has 4 rings (SSSR count). The smallest absolute Gasteiger partial charge is 0.275 e. The molecule has 0 aromatic carbocycles. The van der Waals surface area contributed by atoms with E-state index < -0.39 is 0 Å². The number of piperidine rings is 1. The van der Waals surface area contributed by atoms with Crippen LogP contribution in [0.4, 0.5) is 5.95 Å². The number of aryl methyl sites for hydroxylation is 1. The molecule has 1 saturated heterocycles. The topological polar surface area (TPSA) is 122 Å². The Morgan fingerprint density at radius 3 is 2.56 bits per heavy atom. The van der Waals surface area contributed by atoms with Gasteiger partial charge in [0.2, 0.25) is 5.95 Å². The second-order valence-electron chi connectivity index (χ2n) is 7.41. The average molecular weight is 430 g/mol. The summed E-state index contributed by atoms with van der Waals surface area (Å²) in [6.45, 7) is 3.47. The number of nitriles is 1. The standard InChI is InChI=1S/C22H22N8O2/c1-15-11-26-22(27-12-15)29-7-5-18(6-8-29)32-20-9-21(31)30(28-19(20)14-24-2)17-4-3-16(10-23)25-13-17/h3-4,9,11-14,18H,5-8H2,1-2H3. The molecule has 0 N–H and O–H groups in total. The predicted octanol–water partition coefficient (Wildman–Crippen LogP) is 1.69. The van der Waals surface area contributed by atoms with Crippen LogP contribution in [0, 0.1) is 18.3 Å². The fourth-order valence-corrected chi connectivity index (χ4v) is 3.42. The number of hydrogen-bond acceptors (Lipinski definition) is 9. The van der Waals surface area contributed by atoms with Crippen LogP contribution in [0.3, 0.4) is 0 Å². The summed E-state index contributed by atoms with van der Waals surface area (Å²) in [6.07, 6.45) is 8.08. The van der Waals surface area contributed by atoms with Gasteiger partial charge in [0.15, 0.2) is 5.75 Å². The second-order valence-corrected chi connectivity index (χ2v) is 7.41. The van der Waals surface area contributed by atoms with Crippen LogP contribution >= 0.6 is 0 Å². The minimum absolute atomic E-state index is 0.0608. The van der Waals surface area contributed by atoms with E-state index >= 15 is 0 Å². The van der Waals surface area contributed by atoms with E-state index in [0.29, 0.717) is 23.1 Å². The summed E-state index contributed by atoms with van der Waals surface area (Å²) in [5, 5.41) is 13.3. The Bertz CT molecular complexity index is 1200. The van der Waals surface area contributed by atoms with Gasteiger partial charge < -0.3 is 9.64 Å². The maximum atomic E-state index is 12.7. The number of ether oxygens (including phenoxy) is 1. The van der Waals surface area contributed by atoms with Crippen molar-refractivity contribution in [2.24, 2.45) is 4.99 Å². The molecule has 0 bridgehead atoms. The number of pyridine rings is 1. The first-order valence-corrected chi connectivity index (χ1v) is 10.2. The molecule has 0 saturated carbocycles. The molecule has 1 aliphatic heterocycles. The monoisotopic (exact) mass is 430 g/mol. The van der Waals surface area contributed by atoms with Gasteiger partial charge in [-0.3, -0.25) is 9.79 Å². The van der Waals surface area contributed by atoms with E-state index in [1.807, 2.05) is 25.4 Å². The molecule has 0 aliphatic carbocycles. The SMILES string of the molecule is CN=Cc1nn(-c2ccc(C#N)nc2)c(=O)cc1OC1CCN(c2ncc(C)cn2)CC1. The van der Waals surface area contributed by atoms with Crippen molar-refractivity contribution in [2.75, 3.05) is 25.0 Å². The van der Waals surface area contributed by atoms with Gasteiger partial charge in [-0.25, -0.2) is 15.0 Å². The van der Waals surface area contributed by atoms with Crippen molar-refractivity contribution in [1.82, 2.24) is 24.7 Å². The lowest BCUT2D eigenvalue weighted by Crippen LogP contribution is -2.39. The molecule has 162 valence electrons. The number of aliphatic imine (C=N–C) groups is 1. The first-order valence-electron chi connectivity index (χ1n) is 10.2. The third-order valence-corrected chi connectivity index (χ3v) is 5.07. The first kappa shape index (κ1) is 21.1. The number of anilines is 1. The van der Waals surface area contributed by atoms with Crippen molar-refractivity contribution in [3.05, 3.63) is 64.1 Å². The molecule has 0 unspecified atom stereocenters. The van der Waals surface area contributed by atoms with Crippen LogP contribution in [-0.2, 0) is 0 Å². The van der Waals surface area contributed by atoms with Crippen molar-refractivity contribution in [3.63, 3.8) is 0 Å². The quantitative estimate of drug-likeness (QED) is 0.561. The summed E-state index contributed by atoms with van der Waals surface area (Å²) >= 11 is 0. The predicted molar refractivity (Wildman–Crippen MR) is 118 cm³/mol. The van der Waals surface area contributed by atoms with Crippen LogP contribution in [0.2, 0.25) is 0 Å². The zero-order valence-electron chi connectivity index (χ0n) is 17.8. The van der Waals surface area contributed by atoms with Crippen LogP contribution in [-0.4, -0.2) is 57.2 Å². The fraction of sp³-hybridized carbons (Fsp3) is 0.318. The Balaban J connectivity index is 1.51. The maximum Gasteiger partial charge on any atom is 0.275 e. The number of hydrogen-bond donors (Lipinski definition) is 0. The lowest BCUT2D eigenvalue weighted by atomic mass is 10.1. The molecule has 10 heteroatoms. The van der Waals surface area contributed by atoms with Gasteiger partial charge in [0.1, 0.15) is 23.6 Å². The Morgan fingerprint density at radius 1 is 1.19 bits per heavy atom. The molecule has 0 atom stereocenters. The second kappa shape index (κ2) is 9.34. The lowest BCUT2D eigenvalue weighted by molar-refractivity contribution is 0.169. The van der Waals surface area contributed by atoms with Gasteiger partial charge in [-0.05, 0) is 24.6 Å². The molecule has 1 aliphatic rings. The summed E-state index contributed by atoms with van der Waals surface area (Å²) in [6, 6.07) is 6.52. The fourth-order valence-electron chi connectivity index (χ4n) is 3.42. The lowest BCUT2D eigenvalue weighted by Gasteiger charge is -2.32. The normalized spacial score (nSPS) is 14.5. The first-order chi connectivity index (χ1) is 15.6. The molecule has 0 spiro atoms. The van der Waals surface area contributed by atoms with Crippen LogP contribution < -0.4 is 15.2 Å². The zero-order chi connectivity index (χ0) is 22.5. The Morgan fingerprint density at radius 2 is 1.94 bits per heavy atom. The summed E-state index contributed by atoms with van der Waals surface area (Å²) in [5.74, 6) is 1.11. The van der Waals surface area contributed by atoms with E-state index in [4.69, 9.17) is 10.00 Å². The van der Waals surface area contributed by atoms with Gasteiger partial charge in [0, 0.05) is 51.4 Å². The van der Waals surface area contributed by atoms with E-state index in [0.717, 1.165) is 31.5 Å². The molecule has 32 heavy (non-hydrogen) atoms. The summed E-state index contributed by atoms with van der Waals surface area (Å²) in [4.78, 5) is 31.7. The van der Waals surface area contributed by atoms with Gasteiger partial charge in [0.25, 0.3) is 5.56 Å². The minimum Gasteiger partial charge on any atom is -0.488 e. The minimum atomic E-state index is -0.356. The van der Waals surface area contributed by atoms with Crippen LogP contribution in [0.15, 0.2) is 46.6 Å². The van der Waals surface area contributed by atoms with Crippen LogP contribution in [0.25, 0.3) is 5.69 Å². The highest BCUT2D eigenvalue weighted by molar-refractivity contribution is 5.80. The van der Waals surface area contributed by atoms with Crippen LogP contribution in [0.5, 0.6) is 5.75 Å². The van der Waals surface area contributed by atoms with Gasteiger partial charge >= 0.3 is 0 Å². The molecule has 3 aromatic rings. The Labute approximate surface area is 184 Å². The third-order valence-electron chi connectivity index (χ3n) is 5.07. The van der Waals surface area contributed by atoms with E-state index in [2.05, 4.69) is 29.9 Å². The summed E-state index contributed by atoms with van der Waals surface area (Å²) in [5.41, 5.74) is 1.83. The molecule has 0 amide bonds. The van der Waals surface area contributed by atoms with Crippen molar-refractivity contribution in [2.45, 2.75) is 25.9 Å². The van der Waals surface area contributed by atoms with Crippen molar-refractivity contribution in [3.8, 4) is 17.5 Å². The van der Waals surface area contributed by atoms with Gasteiger partial charge in [-0.1, -0.05) is 0 Å². The van der Waals surface area contributed by atoms with Crippen molar-refractivity contribution >= 4 is 12.2 Å². The van der Waals surface area contributed by atoms with Gasteiger partial charge in [-0.2, -0.15) is 15.0 Å². The molecule has 0 radical (unpaired) electrons. The third kappa shape index (κ3) is 4.62. The molecule has 4 heterocycles.